The van der Waals surface area contributed by atoms with Gasteiger partial charge in [0.15, 0.2) is 0 Å². The zero-order valence-electron chi connectivity index (χ0n) is 8.57. The Kier molecular flexibility index (Phi) is 2.49. The van der Waals surface area contributed by atoms with E-state index in [2.05, 4.69) is 0 Å². The fraction of sp³-hybridized carbons (Fsp3) is 0.417. The van der Waals surface area contributed by atoms with Crippen molar-refractivity contribution in [2.24, 2.45) is 5.73 Å². The predicted molar refractivity (Wildman–Crippen MR) is 57.7 cm³/mol. The highest BCUT2D eigenvalue weighted by molar-refractivity contribution is 5.82. The number of carboxylic acids is 1. The van der Waals surface area contributed by atoms with Gasteiger partial charge in [0.25, 0.3) is 0 Å². The molecule has 1 unspecified atom stereocenters. The van der Waals surface area contributed by atoms with Gasteiger partial charge in [-0.05, 0) is 30.4 Å². The molecular formula is C12H15NO2. The van der Waals surface area contributed by atoms with Gasteiger partial charge in [0.05, 0.1) is 0 Å². The van der Waals surface area contributed by atoms with Crippen LogP contribution in [0, 0.1) is 0 Å². The third kappa shape index (κ3) is 1.43. The maximum atomic E-state index is 11.4. The monoisotopic (exact) mass is 205 g/mol. The Morgan fingerprint density at radius 2 is 2.20 bits per heavy atom. The molecular weight excluding hydrogens is 190 g/mol. The van der Waals surface area contributed by atoms with Crippen LogP contribution in [0.5, 0.6) is 0 Å². The van der Waals surface area contributed by atoms with E-state index < -0.39 is 11.4 Å². The van der Waals surface area contributed by atoms with Crippen molar-refractivity contribution in [3.8, 4) is 0 Å². The lowest BCUT2D eigenvalue weighted by atomic mass is 9.70. The van der Waals surface area contributed by atoms with Crippen LogP contribution in [0.2, 0.25) is 0 Å². The Morgan fingerprint density at radius 3 is 2.87 bits per heavy atom. The number of hydrogen-bond donors (Lipinski definition) is 2. The molecule has 0 saturated heterocycles. The Hall–Kier alpha value is -1.35. The minimum Gasteiger partial charge on any atom is -0.481 e. The molecule has 1 aromatic carbocycles. The number of fused-ring (bicyclic) bond motifs is 1. The van der Waals surface area contributed by atoms with Crippen molar-refractivity contribution in [1.29, 1.82) is 0 Å². The first-order valence-corrected chi connectivity index (χ1v) is 5.22. The number of rotatable bonds is 2. The molecule has 1 aliphatic carbocycles. The number of aliphatic carboxylic acids is 1. The van der Waals surface area contributed by atoms with Crippen LogP contribution < -0.4 is 5.73 Å². The average molecular weight is 205 g/mol. The number of hydrogen-bond acceptors (Lipinski definition) is 2. The molecule has 0 fully saturated rings. The number of benzene rings is 1. The molecule has 15 heavy (non-hydrogen) atoms. The maximum absolute atomic E-state index is 11.4. The third-order valence-electron chi connectivity index (χ3n) is 3.34. The zero-order valence-corrected chi connectivity index (χ0v) is 8.57. The van der Waals surface area contributed by atoms with Crippen LogP contribution in [0.3, 0.4) is 0 Å². The van der Waals surface area contributed by atoms with Crippen LogP contribution in [0.15, 0.2) is 24.3 Å². The van der Waals surface area contributed by atoms with E-state index in [9.17, 15) is 9.90 Å². The van der Waals surface area contributed by atoms with E-state index >= 15 is 0 Å². The number of carboxylic acid groups (broad SMARTS) is 1. The van der Waals surface area contributed by atoms with E-state index in [0.717, 1.165) is 24.0 Å². The first-order chi connectivity index (χ1) is 7.20. The van der Waals surface area contributed by atoms with Gasteiger partial charge in [-0.1, -0.05) is 24.3 Å². The number of nitrogens with two attached hydrogens (primary N) is 1. The summed E-state index contributed by atoms with van der Waals surface area (Å²) in [4.78, 5) is 11.4. The average Bonchev–Trinajstić information content (AvgIpc) is 2.28. The molecule has 3 N–H and O–H groups in total. The molecule has 0 amide bonds. The van der Waals surface area contributed by atoms with Gasteiger partial charge < -0.3 is 10.8 Å². The van der Waals surface area contributed by atoms with E-state index in [4.69, 9.17) is 5.73 Å². The minimum atomic E-state index is -0.852. The van der Waals surface area contributed by atoms with Gasteiger partial charge in [-0.25, -0.2) is 0 Å². The summed E-state index contributed by atoms with van der Waals surface area (Å²) in [5.41, 5.74) is 6.87. The van der Waals surface area contributed by atoms with Crippen molar-refractivity contribution in [3.05, 3.63) is 35.4 Å². The van der Waals surface area contributed by atoms with E-state index in [1.54, 1.807) is 0 Å². The van der Waals surface area contributed by atoms with E-state index in [1.165, 1.54) is 0 Å². The summed E-state index contributed by atoms with van der Waals surface area (Å²) in [5, 5.41) is 9.36. The minimum absolute atomic E-state index is 0.180. The van der Waals surface area contributed by atoms with Crippen LogP contribution in [0.1, 0.15) is 24.0 Å². The second-order valence-corrected chi connectivity index (χ2v) is 4.10. The summed E-state index contributed by atoms with van der Waals surface area (Å²) in [6, 6.07) is 7.74. The molecule has 0 radical (unpaired) electrons. The van der Waals surface area contributed by atoms with Gasteiger partial charge in [-0.3, -0.25) is 4.79 Å². The van der Waals surface area contributed by atoms with Crippen LogP contribution in [0.4, 0.5) is 0 Å². The standard InChI is InChI=1S/C12H15NO2/c13-8-12(11(14)15)7-3-5-9-4-1-2-6-10(9)12/h1-2,4,6H,3,5,7-8,13H2,(H,14,15). The number of aryl methyl sites for hydroxylation is 1. The molecule has 1 aliphatic rings. The van der Waals surface area contributed by atoms with Crippen molar-refractivity contribution >= 4 is 5.97 Å². The van der Waals surface area contributed by atoms with Gasteiger partial charge in [0.1, 0.15) is 5.41 Å². The maximum Gasteiger partial charge on any atom is 0.315 e. The second kappa shape index (κ2) is 3.66. The van der Waals surface area contributed by atoms with Gasteiger partial charge in [0, 0.05) is 6.54 Å². The normalized spacial score (nSPS) is 24.6. The Labute approximate surface area is 88.9 Å². The summed E-state index contributed by atoms with van der Waals surface area (Å²) in [6.07, 6.45) is 2.52. The molecule has 1 aromatic rings. The van der Waals surface area contributed by atoms with Gasteiger partial charge in [-0.15, -0.1) is 0 Å². The van der Waals surface area contributed by atoms with Gasteiger partial charge in [-0.2, -0.15) is 0 Å². The van der Waals surface area contributed by atoms with Crippen molar-refractivity contribution in [2.45, 2.75) is 24.7 Å². The second-order valence-electron chi connectivity index (χ2n) is 4.10. The summed E-state index contributed by atoms with van der Waals surface area (Å²) in [5.74, 6) is -0.794. The van der Waals surface area contributed by atoms with Crippen molar-refractivity contribution < 1.29 is 9.90 Å². The lowest BCUT2D eigenvalue weighted by molar-refractivity contribution is -0.144. The molecule has 3 heteroatoms. The Bertz CT molecular complexity index is 389. The highest BCUT2D eigenvalue weighted by atomic mass is 16.4. The van der Waals surface area contributed by atoms with Gasteiger partial charge >= 0.3 is 5.97 Å². The van der Waals surface area contributed by atoms with E-state index in [1.807, 2.05) is 24.3 Å². The van der Waals surface area contributed by atoms with E-state index in [-0.39, 0.29) is 6.54 Å². The molecule has 3 nitrogen and oxygen atoms in total. The molecule has 0 aromatic heterocycles. The highest BCUT2D eigenvalue weighted by Crippen LogP contribution is 2.36. The molecule has 1 atom stereocenters. The fourth-order valence-corrected chi connectivity index (χ4v) is 2.44. The predicted octanol–water partition coefficient (Wildman–Crippen LogP) is 1.30. The first-order valence-electron chi connectivity index (χ1n) is 5.22. The lowest BCUT2D eigenvalue weighted by Crippen LogP contribution is -2.45. The fourth-order valence-electron chi connectivity index (χ4n) is 2.44. The topological polar surface area (TPSA) is 63.3 Å². The molecule has 0 heterocycles. The van der Waals surface area contributed by atoms with Crippen molar-refractivity contribution in [2.75, 3.05) is 6.54 Å². The summed E-state index contributed by atoms with van der Waals surface area (Å²) in [7, 11) is 0. The number of carbonyl (C=O) groups is 1. The first kappa shape index (κ1) is 10.2. The molecule has 0 spiro atoms. The van der Waals surface area contributed by atoms with Crippen LogP contribution in [-0.2, 0) is 16.6 Å². The summed E-state index contributed by atoms with van der Waals surface area (Å²) >= 11 is 0. The highest BCUT2D eigenvalue weighted by Gasteiger charge is 2.42. The van der Waals surface area contributed by atoms with Crippen LogP contribution in [0.25, 0.3) is 0 Å². The smallest absolute Gasteiger partial charge is 0.315 e. The van der Waals surface area contributed by atoms with Crippen LogP contribution >= 0.6 is 0 Å². The third-order valence-corrected chi connectivity index (χ3v) is 3.34. The summed E-state index contributed by atoms with van der Waals surface area (Å²) < 4.78 is 0. The molecule has 2 rings (SSSR count). The molecule has 0 bridgehead atoms. The Balaban J connectivity index is 2.57. The molecule has 80 valence electrons. The molecule has 0 aliphatic heterocycles. The van der Waals surface area contributed by atoms with Crippen molar-refractivity contribution in [3.63, 3.8) is 0 Å². The Morgan fingerprint density at radius 1 is 1.47 bits per heavy atom. The summed E-state index contributed by atoms with van der Waals surface area (Å²) in [6.45, 7) is 0.180. The zero-order chi connectivity index (χ0) is 10.9. The SMILES string of the molecule is NCC1(C(=O)O)CCCc2ccccc21. The van der Waals surface area contributed by atoms with Gasteiger partial charge in [0.2, 0.25) is 0 Å². The van der Waals surface area contributed by atoms with Crippen LogP contribution in [-0.4, -0.2) is 17.6 Å². The quantitative estimate of drug-likeness (QED) is 0.765. The molecule has 0 saturated carbocycles. The van der Waals surface area contributed by atoms with Crippen molar-refractivity contribution in [1.82, 2.24) is 0 Å². The largest absolute Gasteiger partial charge is 0.481 e. The lowest BCUT2D eigenvalue weighted by Gasteiger charge is -2.34. The van der Waals surface area contributed by atoms with E-state index in [0.29, 0.717) is 6.42 Å².